The van der Waals surface area contributed by atoms with Gasteiger partial charge in [0.05, 0.1) is 0 Å². The van der Waals surface area contributed by atoms with Gasteiger partial charge in [0, 0.05) is 5.69 Å². The number of hydrogen-bond donors (Lipinski definition) is 2. The zero-order chi connectivity index (χ0) is 18.0. The Morgan fingerprint density at radius 3 is 2.88 bits per heavy atom. The molecule has 1 heterocycles. The second kappa shape index (κ2) is 6.70. The van der Waals surface area contributed by atoms with Crippen LogP contribution in [0.1, 0.15) is 44.2 Å². The van der Waals surface area contributed by atoms with E-state index in [0.29, 0.717) is 12.1 Å². The zero-order valence-corrected chi connectivity index (χ0v) is 14.6. The van der Waals surface area contributed by atoms with Crippen molar-refractivity contribution in [3.8, 4) is 0 Å². The fourth-order valence-electron chi connectivity index (χ4n) is 3.15. The highest BCUT2D eigenvalue weighted by Gasteiger charge is 2.46. The van der Waals surface area contributed by atoms with Gasteiger partial charge in [-0.05, 0) is 55.9 Å². The first-order valence-electron chi connectivity index (χ1n) is 8.66. The van der Waals surface area contributed by atoms with Crippen LogP contribution in [0.3, 0.4) is 0 Å². The summed E-state index contributed by atoms with van der Waals surface area (Å²) in [6.45, 7) is 3.21. The SMILES string of the molecule is CCC1(C)NC(=O)N(CC(=O)Nc2ccc3c(c2)C=CCCC3)C1=O. The predicted octanol–water partition coefficient (Wildman–Crippen LogP) is 2.70. The lowest BCUT2D eigenvalue weighted by atomic mass is 9.99. The minimum absolute atomic E-state index is 0.285. The number of urea groups is 1. The van der Waals surface area contributed by atoms with Crippen molar-refractivity contribution in [2.24, 2.45) is 0 Å². The third-order valence-electron chi connectivity index (χ3n) is 4.90. The fraction of sp³-hybridized carbons (Fsp3) is 0.421. The molecule has 1 fully saturated rings. The van der Waals surface area contributed by atoms with Crippen molar-refractivity contribution in [2.75, 3.05) is 11.9 Å². The van der Waals surface area contributed by atoms with E-state index in [4.69, 9.17) is 0 Å². The van der Waals surface area contributed by atoms with E-state index in [1.807, 2.05) is 25.1 Å². The van der Waals surface area contributed by atoms with Gasteiger partial charge in [0.25, 0.3) is 5.91 Å². The number of amides is 4. The van der Waals surface area contributed by atoms with Crippen LogP contribution in [0.5, 0.6) is 0 Å². The Kier molecular flexibility index (Phi) is 4.61. The maximum atomic E-state index is 12.3. The molecule has 6 heteroatoms. The summed E-state index contributed by atoms with van der Waals surface area (Å²) in [6, 6.07) is 5.28. The quantitative estimate of drug-likeness (QED) is 0.827. The average molecular weight is 341 g/mol. The highest BCUT2D eigenvalue weighted by atomic mass is 16.2. The lowest BCUT2D eigenvalue weighted by Crippen LogP contribution is -2.44. The van der Waals surface area contributed by atoms with Gasteiger partial charge < -0.3 is 10.6 Å². The number of anilines is 1. The molecule has 2 N–H and O–H groups in total. The highest BCUT2D eigenvalue weighted by molar-refractivity contribution is 6.09. The minimum atomic E-state index is -0.924. The lowest BCUT2D eigenvalue weighted by Gasteiger charge is -2.19. The van der Waals surface area contributed by atoms with Crippen molar-refractivity contribution in [2.45, 2.75) is 45.1 Å². The van der Waals surface area contributed by atoms with Crippen molar-refractivity contribution < 1.29 is 14.4 Å². The summed E-state index contributed by atoms with van der Waals surface area (Å²) >= 11 is 0. The molecular formula is C19H23N3O3. The highest BCUT2D eigenvalue weighted by Crippen LogP contribution is 2.23. The van der Waals surface area contributed by atoms with Crippen LogP contribution in [0.25, 0.3) is 6.08 Å². The molecule has 1 aliphatic heterocycles. The number of imide groups is 1. The monoisotopic (exact) mass is 341 g/mol. The second-order valence-electron chi connectivity index (χ2n) is 6.76. The molecule has 1 saturated heterocycles. The van der Waals surface area contributed by atoms with E-state index in [2.05, 4.69) is 22.8 Å². The number of hydrogen-bond acceptors (Lipinski definition) is 3. The second-order valence-corrected chi connectivity index (χ2v) is 6.76. The molecule has 4 amide bonds. The van der Waals surface area contributed by atoms with Crippen LogP contribution in [-0.4, -0.2) is 34.8 Å². The van der Waals surface area contributed by atoms with Gasteiger partial charge in [-0.1, -0.05) is 25.1 Å². The Balaban J connectivity index is 1.68. The molecule has 0 bridgehead atoms. The van der Waals surface area contributed by atoms with Crippen LogP contribution in [0.15, 0.2) is 24.3 Å². The normalized spacial score (nSPS) is 22.4. The first kappa shape index (κ1) is 17.2. The summed E-state index contributed by atoms with van der Waals surface area (Å²) in [4.78, 5) is 37.6. The fourth-order valence-corrected chi connectivity index (χ4v) is 3.15. The molecule has 0 saturated carbocycles. The number of nitrogens with one attached hydrogen (secondary N) is 2. The maximum Gasteiger partial charge on any atom is 0.325 e. The summed E-state index contributed by atoms with van der Waals surface area (Å²) in [5, 5.41) is 5.42. The van der Waals surface area contributed by atoms with Crippen LogP contribution in [0.2, 0.25) is 0 Å². The van der Waals surface area contributed by atoms with Gasteiger partial charge in [0.15, 0.2) is 0 Å². The number of carbonyl (C=O) groups excluding carboxylic acids is 3. The van der Waals surface area contributed by atoms with Crippen LogP contribution in [-0.2, 0) is 16.0 Å². The minimum Gasteiger partial charge on any atom is -0.325 e. The lowest BCUT2D eigenvalue weighted by molar-refractivity contribution is -0.133. The van der Waals surface area contributed by atoms with Crippen molar-refractivity contribution in [3.05, 3.63) is 35.4 Å². The van der Waals surface area contributed by atoms with E-state index in [-0.39, 0.29) is 18.4 Å². The molecule has 6 nitrogen and oxygen atoms in total. The number of aryl methyl sites for hydroxylation is 1. The number of nitrogens with zero attached hydrogens (tertiary/aromatic N) is 1. The van der Waals surface area contributed by atoms with Crippen molar-refractivity contribution >= 4 is 29.6 Å². The number of fused-ring (bicyclic) bond motifs is 1. The van der Waals surface area contributed by atoms with Gasteiger partial charge in [-0.3, -0.25) is 14.5 Å². The largest absolute Gasteiger partial charge is 0.325 e. The summed E-state index contributed by atoms with van der Waals surface area (Å²) < 4.78 is 0. The molecule has 0 radical (unpaired) electrons. The Morgan fingerprint density at radius 1 is 1.36 bits per heavy atom. The standard InChI is InChI=1S/C19H23N3O3/c1-3-19(2)17(24)22(18(25)21-19)12-16(23)20-15-10-9-13-7-5-4-6-8-14(13)11-15/h6,8-11H,3-5,7,12H2,1-2H3,(H,20,23)(H,21,25). The molecule has 1 aromatic rings. The van der Waals surface area contributed by atoms with Gasteiger partial charge in [0.2, 0.25) is 5.91 Å². The Bertz CT molecular complexity index is 756. The molecule has 3 rings (SSSR count). The number of allylic oxidation sites excluding steroid dienone is 1. The van der Waals surface area contributed by atoms with E-state index in [9.17, 15) is 14.4 Å². The smallest absolute Gasteiger partial charge is 0.325 e. The van der Waals surface area contributed by atoms with Gasteiger partial charge in [-0.2, -0.15) is 0 Å². The molecule has 1 aliphatic carbocycles. The Labute approximate surface area is 147 Å². The molecule has 132 valence electrons. The summed E-state index contributed by atoms with van der Waals surface area (Å²) in [5.74, 6) is -0.749. The number of benzene rings is 1. The number of carbonyl (C=O) groups is 3. The van der Waals surface area contributed by atoms with Crippen molar-refractivity contribution in [1.29, 1.82) is 0 Å². The molecule has 0 spiro atoms. The molecular weight excluding hydrogens is 318 g/mol. The molecule has 1 unspecified atom stereocenters. The van der Waals surface area contributed by atoms with Gasteiger partial charge in [-0.25, -0.2) is 4.79 Å². The van der Waals surface area contributed by atoms with E-state index in [0.717, 1.165) is 29.7 Å². The van der Waals surface area contributed by atoms with E-state index in [1.165, 1.54) is 5.56 Å². The van der Waals surface area contributed by atoms with Crippen LogP contribution in [0.4, 0.5) is 10.5 Å². The van der Waals surface area contributed by atoms with Gasteiger partial charge in [-0.15, -0.1) is 0 Å². The maximum absolute atomic E-state index is 12.3. The van der Waals surface area contributed by atoms with Crippen LogP contribution in [0, 0.1) is 0 Å². The molecule has 0 aromatic heterocycles. The zero-order valence-electron chi connectivity index (χ0n) is 14.6. The first-order chi connectivity index (χ1) is 11.9. The van der Waals surface area contributed by atoms with E-state index in [1.54, 1.807) is 6.92 Å². The van der Waals surface area contributed by atoms with Gasteiger partial charge >= 0.3 is 6.03 Å². The summed E-state index contributed by atoms with van der Waals surface area (Å²) in [5.41, 5.74) is 2.11. The Morgan fingerprint density at radius 2 is 2.16 bits per heavy atom. The van der Waals surface area contributed by atoms with Crippen molar-refractivity contribution in [1.82, 2.24) is 10.2 Å². The Hall–Kier alpha value is -2.63. The summed E-state index contributed by atoms with van der Waals surface area (Å²) in [6.07, 6.45) is 7.89. The summed E-state index contributed by atoms with van der Waals surface area (Å²) in [7, 11) is 0. The van der Waals surface area contributed by atoms with Crippen molar-refractivity contribution in [3.63, 3.8) is 0 Å². The third-order valence-corrected chi connectivity index (χ3v) is 4.90. The molecule has 1 atom stereocenters. The molecule has 25 heavy (non-hydrogen) atoms. The van der Waals surface area contributed by atoms with E-state index < -0.39 is 11.6 Å². The molecule has 2 aliphatic rings. The molecule has 1 aromatic carbocycles. The number of rotatable bonds is 4. The third kappa shape index (κ3) is 3.43. The van der Waals surface area contributed by atoms with E-state index >= 15 is 0 Å². The first-order valence-corrected chi connectivity index (χ1v) is 8.66. The van der Waals surface area contributed by atoms with Crippen LogP contribution >= 0.6 is 0 Å². The predicted molar refractivity (Wildman–Crippen MR) is 96.0 cm³/mol. The average Bonchev–Trinajstić information content (AvgIpc) is 2.76. The topological polar surface area (TPSA) is 78.5 Å². The van der Waals surface area contributed by atoms with Gasteiger partial charge in [0.1, 0.15) is 12.1 Å². The van der Waals surface area contributed by atoms with Crippen LogP contribution < -0.4 is 10.6 Å².